The van der Waals surface area contributed by atoms with Crippen molar-refractivity contribution in [2.75, 3.05) is 7.11 Å². The Bertz CT molecular complexity index is 965. The lowest BCUT2D eigenvalue weighted by atomic mass is 9.91. The molecule has 0 fully saturated rings. The standard InChI is InChI=1S/C20H18O4/c1-11-10-23-19-12(2)20-16(8-14(11)19)15(9-18(21)24-20)13-6-4-5-7-17(13)22-3/h4-10,18,21H,1-3H3. The molecule has 0 spiro atoms. The normalized spacial score (nSPS) is 16.5. The minimum Gasteiger partial charge on any atom is -0.496 e. The first-order valence-corrected chi connectivity index (χ1v) is 7.82. The van der Waals surface area contributed by atoms with Crippen LogP contribution in [0.4, 0.5) is 0 Å². The van der Waals surface area contributed by atoms with E-state index in [2.05, 4.69) is 6.07 Å². The molecule has 0 radical (unpaired) electrons. The first kappa shape index (κ1) is 14.8. The molecule has 2 heterocycles. The third-order valence-electron chi connectivity index (χ3n) is 4.47. The van der Waals surface area contributed by atoms with Gasteiger partial charge in [-0.2, -0.15) is 0 Å². The van der Waals surface area contributed by atoms with Gasteiger partial charge in [0.25, 0.3) is 0 Å². The van der Waals surface area contributed by atoms with Crippen LogP contribution in [0.5, 0.6) is 11.5 Å². The van der Waals surface area contributed by atoms with Gasteiger partial charge < -0.3 is 19.0 Å². The molecule has 0 bridgehead atoms. The summed E-state index contributed by atoms with van der Waals surface area (Å²) in [5.74, 6) is 1.40. The van der Waals surface area contributed by atoms with Crippen molar-refractivity contribution in [3.8, 4) is 11.5 Å². The highest BCUT2D eigenvalue weighted by Crippen LogP contribution is 2.44. The highest BCUT2D eigenvalue weighted by molar-refractivity contribution is 5.95. The van der Waals surface area contributed by atoms with Gasteiger partial charge in [0, 0.05) is 22.1 Å². The maximum Gasteiger partial charge on any atom is 0.218 e. The third-order valence-corrected chi connectivity index (χ3v) is 4.47. The molecule has 0 saturated carbocycles. The summed E-state index contributed by atoms with van der Waals surface area (Å²) >= 11 is 0. The van der Waals surface area contributed by atoms with Crippen LogP contribution in [0.15, 0.2) is 47.1 Å². The predicted octanol–water partition coefficient (Wildman–Crippen LogP) is 4.20. The van der Waals surface area contributed by atoms with E-state index in [1.807, 2.05) is 38.1 Å². The van der Waals surface area contributed by atoms with Gasteiger partial charge in [-0.1, -0.05) is 18.2 Å². The molecule has 4 nitrogen and oxygen atoms in total. The number of ether oxygens (including phenoxy) is 2. The number of aryl methyl sites for hydroxylation is 2. The minimum atomic E-state index is -1.01. The molecule has 4 heteroatoms. The molecule has 24 heavy (non-hydrogen) atoms. The van der Waals surface area contributed by atoms with Crippen LogP contribution < -0.4 is 9.47 Å². The summed E-state index contributed by atoms with van der Waals surface area (Å²) in [6, 6.07) is 9.82. The van der Waals surface area contributed by atoms with Gasteiger partial charge in [-0.15, -0.1) is 0 Å². The molecule has 4 rings (SSSR count). The first-order chi connectivity index (χ1) is 11.6. The molecule has 2 aromatic carbocycles. The maximum absolute atomic E-state index is 10.2. The van der Waals surface area contributed by atoms with Crippen LogP contribution in [0, 0.1) is 13.8 Å². The number of furan rings is 1. The zero-order valence-corrected chi connectivity index (χ0v) is 13.8. The fourth-order valence-electron chi connectivity index (χ4n) is 3.28. The molecular formula is C20H18O4. The Balaban J connectivity index is 2.02. The van der Waals surface area contributed by atoms with E-state index in [4.69, 9.17) is 13.9 Å². The second-order valence-electron chi connectivity index (χ2n) is 5.96. The van der Waals surface area contributed by atoms with Crippen molar-refractivity contribution in [1.82, 2.24) is 0 Å². The van der Waals surface area contributed by atoms with E-state index in [1.54, 1.807) is 19.4 Å². The number of para-hydroxylation sites is 1. The van der Waals surface area contributed by atoms with Gasteiger partial charge in [0.2, 0.25) is 6.29 Å². The molecule has 122 valence electrons. The van der Waals surface area contributed by atoms with Gasteiger partial charge >= 0.3 is 0 Å². The second kappa shape index (κ2) is 5.42. The monoisotopic (exact) mass is 322 g/mol. The average molecular weight is 322 g/mol. The van der Waals surface area contributed by atoms with Gasteiger partial charge in [0.05, 0.1) is 13.4 Å². The Labute approximate surface area is 139 Å². The highest BCUT2D eigenvalue weighted by atomic mass is 16.6. The number of hydrogen-bond acceptors (Lipinski definition) is 4. The molecule has 0 amide bonds. The van der Waals surface area contributed by atoms with Gasteiger partial charge in [0.1, 0.15) is 17.1 Å². The number of aliphatic hydroxyl groups excluding tert-OH is 1. The van der Waals surface area contributed by atoms with E-state index < -0.39 is 6.29 Å². The smallest absolute Gasteiger partial charge is 0.218 e. The quantitative estimate of drug-likeness (QED) is 0.768. The average Bonchev–Trinajstić information content (AvgIpc) is 2.96. The van der Waals surface area contributed by atoms with Crippen molar-refractivity contribution in [3.05, 3.63) is 64.9 Å². The summed E-state index contributed by atoms with van der Waals surface area (Å²) in [7, 11) is 1.64. The minimum absolute atomic E-state index is 0.646. The number of benzene rings is 2. The van der Waals surface area contributed by atoms with E-state index >= 15 is 0 Å². The molecule has 1 N–H and O–H groups in total. The van der Waals surface area contributed by atoms with Crippen LogP contribution in [0.3, 0.4) is 0 Å². The molecule has 1 unspecified atom stereocenters. The molecule has 0 saturated heterocycles. The van der Waals surface area contributed by atoms with Crippen molar-refractivity contribution in [3.63, 3.8) is 0 Å². The summed E-state index contributed by atoms with van der Waals surface area (Å²) < 4.78 is 16.8. The third kappa shape index (κ3) is 2.11. The zero-order chi connectivity index (χ0) is 16.8. The molecule has 3 aromatic rings. The number of rotatable bonds is 2. The largest absolute Gasteiger partial charge is 0.496 e. The van der Waals surface area contributed by atoms with Gasteiger partial charge in [-0.3, -0.25) is 0 Å². The SMILES string of the molecule is COc1ccccc1C1=CC(O)Oc2c1cc1c(C)coc1c2C. The number of fused-ring (bicyclic) bond motifs is 2. The number of hydrogen-bond donors (Lipinski definition) is 1. The van der Waals surface area contributed by atoms with Crippen molar-refractivity contribution in [1.29, 1.82) is 0 Å². The molecule has 1 aliphatic heterocycles. The zero-order valence-electron chi connectivity index (χ0n) is 13.8. The fraction of sp³-hybridized carbons (Fsp3) is 0.200. The Hall–Kier alpha value is -2.72. The Kier molecular flexibility index (Phi) is 3.36. The Morgan fingerprint density at radius 1 is 1.12 bits per heavy atom. The van der Waals surface area contributed by atoms with Crippen LogP contribution in [-0.2, 0) is 0 Å². The molecule has 1 aromatic heterocycles. The maximum atomic E-state index is 10.2. The van der Waals surface area contributed by atoms with Crippen LogP contribution in [0.25, 0.3) is 16.5 Å². The van der Waals surface area contributed by atoms with E-state index in [9.17, 15) is 5.11 Å². The van der Waals surface area contributed by atoms with Crippen LogP contribution in [0.2, 0.25) is 0 Å². The van der Waals surface area contributed by atoms with Crippen molar-refractivity contribution >= 4 is 16.5 Å². The lowest BCUT2D eigenvalue weighted by Crippen LogP contribution is -2.19. The van der Waals surface area contributed by atoms with Crippen LogP contribution in [-0.4, -0.2) is 18.5 Å². The summed E-state index contributed by atoms with van der Waals surface area (Å²) in [6.07, 6.45) is 2.44. The summed E-state index contributed by atoms with van der Waals surface area (Å²) in [5.41, 5.74) is 5.49. The molecule has 1 atom stereocenters. The summed E-state index contributed by atoms with van der Waals surface area (Å²) in [6.45, 7) is 3.96. The van der Waals surface area contributed by atoms with Gasteiger partial charge in [-0.05, 0) is 43.2 Å². The van der Waals surface area contributed by atoms with Crippen molar-refractivity contribution < 1.29 is 19.0 Å². The summed E-state index contributed by atoms with van der Waals surface area (Å²) in [5, 5.41) is 11.2. The number of aliphatic hydroxyl groups is 1. The molecule has 1 aliphatic rings. The topological polar surface area (TPSA) is 51.8 Å². The van der Waals surface area contributed by atoms with Crippen molar-refractivity contribution in [2.45, 2.75) is 20.1 Å². The Morgan fingerprint density at radius 3 is 2.71 bits per heavy atom. The van der Waals surface area contributed by atoms with Crippen LogP contribution >= 0.6 is 0 Å². The van der Waals surface area contributed by atoms with Crippen molar-refractivity contribution in [2.24, 2.45) is 0 Å². The first-order valence-electron chi connectivity index (χ1n) is 7.82. The lowest BCUT2D eigenvalue weighted by molar-refractivity contribution is 0.0221. The van der Waals surface area contributed by atoms with E-state index in [0.29, 0.717) is 5.75 Å². The fourth-order valence-corrected chi connectivity index (χ4v) is 3.28. The van der Waals surface area contributed by atoms with E-state index in [1.165, 1.54) is 0 Å². The number of methoxy groups -OCH3 is 1. The highest BCUT2D eigenvalue weighted by Gasteiger charge is 2.26. The second-order valence-corrected chi connectivity index (χ2v) is 5.96. The van der Waals surface area contributed by atoms with Gasteiger partial charge in [-0.25, -0.2) is 0 Å². The van der Waals surface area contributed by atoms with Gasteiger partial charge in [0.15, 0.2) is 0 Å². The predicted molar refractivity (Wildman–Crippen MR) is 92.4 cm³/mol. The van der Waals surface area contributed by atoms with E-state index in [-0.39, 0.29) is 0 Å². The lowest BCUT2D eigenvalue weighted by Gasteiger charge is -2.25. The van der Waals surface area contributed by atoms with E-state index in [0.717, 1.165) is 44.5 Å². The summed E-state index contributed by atoms with van der Waals surface area (Å²) in [4.78, 5) is 0. The van der Waals surface area contributed by atoms with Crippen LogP contribution in [0.1, 0.15) is 22.3 Å². The Morgan fingerprint density at radius 2 is 1.92 bits per heavy atom. The molecular weight excluding hydrogens is 304 g/mol. The molecule has 0 aliphatic carbocycles.